The first kappa shape index (κ1) is 18.3. The highest BCUT2D eigenvalue weighted by Gasteiger charge is 1.74. The van der Waals surface area contributed by atoms with Crippen LogP contribution in [0, 0.1) is 10.8 Å². The SMILES string of the molecule is CCC=CCCCC.N=C=O.N=C=O. The molecule has 0 rings (SSSR count). The molecule has 0 radical (unpaired) electrons. The van der Waals surface area contributed by atoms with Crippen molar-refractivity contribution in [3.8, 4) is 0 Å². The number of unbranched alkanes of at least 4 members (excludes halogenated alkanes) is 2. The van der Waals surface area contributed by atoms with E-state index in [1.807, 2.05) is 0 Å². The van der Waals surface area contributed by atoms with Gasteiger partial charge in [0.15, 0.2) is 0 Å². The second kappa shape index (κ2) is 30.0. The van der Waals surface area contributed by atoms with Crippen molar-refractivity contribution in [2.45, 2.75) is 39.5 Å². The summed E-state index contributed by atoms with van der Waals surface area (Å²) in [4.78, 5) is 16.7. The van der Waals surface area contributed by atoms with Gasteiger partial charge in [-0.15, -0.1) is 0 Å². The lowest BCUT2D eigenvalue weighted by atomic mass is 10.2. The van der Waals surface area contributed by atoms with Crippen LogP contribution in [0.25, 0.3) is 0 Å². The van der Waals surface area contributed by atoms with Crippen molar-refractivity contribution in [2.24, 2.45) is 0 Å². The summed E-state index contributed by atoms with van der Waals surface area (Å²) in [7, 11) is 0. The van der Waals surface area contributed by atoms with Crippen molar-refractivity contribution in [2.75, 3.05) is 0 Å². The summed E-state index contributed by atoms with van der Waals surface area (Å²) >= 11 is 0. The van der Waals surface area contributed by atoms with Gasteiger partial charge in [-0.3, -0.25) is 0 Å². The lowest BCUT2D eigenvalue weighted by molar-refractivity contribution is 0.562. The zero-order valence-corrected chi connectivity index (χ0v) is 8.80. The predicted molar refractivity (Wildman–Crippen MR) is 55.8 cm³/mol. The van der Waals surface area contributed by atoms with Gasteiger partial charge in [0.1, 0.15) is 0 Å². The molecule has 14 heavy (non-hydrogen) atoms. The monoisotopic (exact) mass is 198 g/mol. The minimum atomic E-state index is 0.750. The summed E-state index contributed by atoms with van der Waals surface area (Å²) < 4.78 is 0. The van der Waals surface area contributed by atoms with Crippen LogP contribution in [0.5, 0.6) is 0 Å². The fourth-order valence-electron chi connectivity index (χ4n) is 0.606. The highest BCUT2D eigenvalue weighted by molar-refractivity contribution is 5.26. The van der Waals surface area contributed by atoms with E-state index in [-0.39, 0.29) is 0 Å². The van der Waals surface area contributed by atoms with Gasteiger partial charge in [-0.2, -0.15) is 0 Å². The smallest absolute Gasteiger partial charge is 0.222 e. The second-order valence-corrected chi connectivity index (χ2v) is 2.23. The van der Waals surface area contributed by atoms with E-state index < -0.39 is 0 Å². The van der Waals surface area contributed by atoms with E-state index in [0.29, 0.717) is 0 Å². The molecular formula is C10H18N2O2. The zero-order valence-electron chi connectivity index (χ0n) is 8.80. The van der Waals surface area contributed by atoms with Crippen LogP contribution < -0.4 is 0 Å². The van der Waals surface area contributed by atoms with Crippen LogP contribution in [0.15, 0.2) is 12.2 Å². The van der Waals surface area contributed by atoms with E-state index in [1.54, 1.807) is 0 Å². The lowest BCUT2D eigenvalue weighted by Gasteiger charge is -1.85. The van der Waals surface area contributed by atoms with Crippen molar-refractivity contribution < 1.29 is 9.59 Å². The predicted octanol–water partition coefficient (Wildman–Crippen LogP) is 2.94. The fourth-order valence-corrected chi connectivity index (χ4v) is 0.606. The van der Waals surface area contributed by atoms with Gasteiger partial charge in [0, 0.05) is 0 Å². The summed E-state index contributed by atoms with van der Waals surface area (Å²) in [5.41, 5.74) is 0. The first-order valence-corrected chi connectivity index (χ1v) is 4.47. The average Bonchev–Trinajstić information content (AvgIpc) is 2.15. The molecule has 0 amide bonds. The average molecular weight is 198 g/mol. The van der Waals surface area contributed by atoms with Crippen molar-refractivity contribution in [1.82, 2.24) is 0 Å². The van der Waals surface area contributed by atoms with E-state index in [2.05, 4.69) is 26.0 Å². The van der Waals surface area contributed by atoms with Gasteiger partial charge >= 0.3 is 0 Å². The van der Waals surface area contributed by atoms with E-state index in [4.69, 9.17) is 20.4 Å². The van der Waals surface area contributed by atoms with Gasteiger partial charge in [0.2, 0.25) is 12.2 Å². The molecule has 0 aromatic heterocycles. The second-order valence-electron chi connectivity index (χ2n) is 2.23. The number of isocyanates is 2. The molecule has 0 unspecified atom stereocenters. The summed E-state index contributed by atoms with van der Waals surface area (Å²) in [5.74, 6) is 0. The third kappa shape index (κ3) is 77.4. The van der Waals surface area contributed by atoms with Gasteiger partial charge in [0.25, 0.3) is 0 Å². The van der Waals surface area contributed by atoms with Gasteiger partial charge in [0.05, 0.1) is 0 Å². The maximum atomic E-state index is 8.35. The molecule has 80 valence electrons. The first-order chi connectivity index (χ1) is 6.74. The van der Waals surface area contributed by atoms with Gasteiger partial charge < -0.3 is 0 Å². The quantitative estimate of drug-likeness (QED) is 0.315. The van der Waals surface area contributed by atoms with Crippen LogP contribution in [-0.2, 0) is 9.59 Å². The van der Waals surface area contributed by atoms with Crippen molar-refractivity contribution in [1.29, 1.82) is 10.8 Å². The molecule has 0 saturated heterocycles. The molecule has 4 heteroatoms. The van der Waals surface area contributed by atoms with Crippen LogP contribution >= 0.6 is 0 Å². The minimum Gasteiger partial charge on any atom is -0.222 e. The van der Waals surface area contributed by atoms with Gasteiger partial charge in [-0.1, -0.05) is 38.8 Å². The number of nitrogens with one attached hydrogen (secondary N) is 2. The summed E-state index contributed by atoms with van der Waals surface area (Å²) in [6, 6.07) is 0. The highest BCUT2D eigenvalue weighted by atomic mass is 16.1. The summed E-state index contributed by atoms with van der Waals surface area (Å²) in [5, 5.41) is 10.8. The Bertz CT molecular complexity index is 165. The Morgan fingerprint density at radius 1 is 1.07 bits per heavy atom. The molecule has 0 atom stereocenters. The number of hydrogen-bond acceptors (Lipinski definition) is 4. The Kier molecular flexibility index (Phi) is 39.3. The normalized spacial score (nSPS) is 7.29. The summed E-state index contributed by atoms with van der Waals surface area (Å²) in [6.07, 6.45) is 11.1. The Morgan fingerprint density at radius 2 is 1.50 bits per heavy atom. The molecule has 0 aromatic carbocycles. The molecule has 0 aliphatic rings. The molecule has 0 heterocycles. The highest BCUT2D eigenvalue weighted by Crippen LogP contribution is 1.94. The molecule has 0 aromatic rings. The number of hydrogen-bond donors (Lipinski definition) is 2. The van der Waals surface area contributed by atoms with Crippen LogP contribution in [0.2, 0.25) is 0 Å². The molecule has 4 nitrogen and oxygen atoms in total. The molecule has 0 saturated carbocycles. The Labute approximate surface area is 85.0 Å². The Hall–Kier alpha value is -1.50. The maximum Gasteiger partial charge on any atom is 0.231 e. The van der Waals surface area contributed by atoms with Crippen LogP contribution in [0.3, 0.4) is 0 Å². The molecule has 0 aliphatic heterocycles. The molecular weight excluding hydrogens is 180 g/mol. The van der Waals surface area contributed by atoms with Crippen LogP contribution in [0.4, 0.5) is 0 Å². The van der Waals surface area contributed by atoms with Crippen molar-refractivity contribution in [3.05, 3.63) is 12.2 Å². The van der Waals surface area contributed by atoms with Crippen molar-refractivity contribution >= 4 is 12.2 Å². The van der Waals surface area contributed by atoms with E-state index in [9.17, 15) is 0 Å². The third-order valence-electron chi connectivity index (χ3n) is 1.13. The van der Waals surface area contributed by atoms with E-state index in [0.717, 1.165) is 12.2 Å². The standard InChI is InChI=1S/C8H16.2CHNO/c1-3-5-7-8-6-4-2;2*2-1-3/h5,7H,3-4,6,8H2,1-2H3;2*2H. The first-order valence-electron chi connectivity index (χ1n) is 4.47. The fraction of sp³-hybridized carbons (Fsp3) is 0.600. The van der Waals surface area contributed by atoms with Gasteiger partial charge in [-0.05, 0) is 12.8 Å². The third-order valence-corrected chi connectivity index (χ3v) is 1.13. The maximum absolute atomic E-state index is 8.35. The number of carbonyl (C=O) groups excluding carboxylic acids is 2. The molecule has 0 fully saturated rings. The van der Waals surface area contributed by atoms with Crippen molar-refractivity contribution in [3.63, 3.8) is 0 Å². The number of rotatable bonds is 4. The molecule has 0 spiro atoms. The van der Waals surface area contributed by atoms with Crippen LogP contribution in [0.1, 0.15) is 39.5 Å². The Morgan fingerprint density at radius 3 is 1.79 bits per heavy atom. The van der Waals surface area contributed by atoms with E-state index in [1.165, 1.54) is 25.7 Å². The largest absolute Gasteiger partial charge is 0.231 e. The topological polar surface area (TPSA) is 81.8 Å². The lowest BCUT2D eigenvalue weighted by Crippen LogP contribution is -1.65. The molecule has 2 N–H and O–H groups in total. The molecule has 0 aliphatic carbocycles. The van der Waals surface area contributed by atoms with Gasteiger partial charge in [-0.25, -0.2) is 20.4 Å². The number of allylic oxidation sites excluding steroid dienone is 2. The van der Waals surface area contributed by atoms with Crippen LogP contribution in [-0.4, -0.2) is 12.2 Å². The Balaban J connectivity index is -0.000000168. The molecule has 0 bridgehead atoms. The van der Waals surface area contributed by atoms with E-state index >= 15 is 0 Å². The zero-order chi connectivity index (χ0) is 11.7. The minimum absolute atomic E-state index is 0.750. The summed E-state index contributed by atoms with van der Waals surface area (Å²) in [6.45, 7) is 4.39.